The van der Waals surface area contributed by atoms with Gasteiger partial charge in [-0.15, -0.1) is 5.10 Å². The maximum absolute atomic E-state index is 13.5. The number of primary amides is 1. The van der Waals surface area contributed by atoms with Crippen LogP contribution in [-0.4, -0.2) is 90.4 Å². The fourth-order valence-electron chi connectivity index (χ4n) is 4.61. The molecule has 1 aromatic carbocycles. The van der Waals surface area contributed by atoms with Crippen LogP contribution >= 0.6 is 0 Å². The molecule has 0 spiro atoms. The summed E-state index contributed by atoms with van der Waals surface area (Å²) in [4.78, 5) is 50.2. The third-order valence-electron chi connectivity index (χ3n) is 7.81. The van der Waals surface area contributed by atoms with E-state index in [1.807, 2.05) is 20.0 Å². The summed E-state index contributed by atoms with van der Waals surface area (Å²) < 4.78 is 18.4. The first kappa shape index (κ1) is 44.5. The van der Waals surface area contributed by atoms with E-state index in [0.717, 1.165) is 11.3 Å². The summed E-state index contributed by atoms with van der Waals surface area (Å²) in [6.45, 7) is 22.5. The maximum Gasteiger partial charge on any atom is 0.312 e. The summed E-state index contributed by atoms with van der Waals surface area (Å²) in [5, 5.41) is 22.8. The number of nitrogens with one attached hydrogen (secondary N) is 5. The highest BCUT2D eigenvalue weighted by Crippen LogP contribution is 2.19. The van der Waals surface area contributed by atoms with E-state index in [9.17, 15) is 19.2 Å². The number of urea groups is 1. The first-order valence-corrected chi connectivity index (χ1v) is 18.0. The van der Waals surface area contributed by atoms with Crippen molar-refractivity contribution in [2.75, 3.05) is 44.8 Å². The Balaban J connectivity index is 1.82. The van der Waals surface area contributed by atoms with Gasteiger partial charge >= 0.3 is 12.0 Å². The van der Waals surface area contributed by atoms with Crippen LogP contribution in [0.1, 0.15) is 79.5 Å². The molecule has 0 aliphatic heterocycles. The molecule has 53 heavy (non-hydrogen) atoms. The zero-order valence-electron chi connectivity index (χ0n) is 32.7. The molecular weight excluding hydrogens is 682 g/mol. The number of aromatic nitrogens is 3. The monoisotopic (exact) mass is 743 g/mol. The molecule has 1 unspecified atom stereocenters. The Morgan fingerprint density at radius 3 is 2.13 bits per heavy atom. The van der Waals surface area contributed by atoms with Crippen molar-refractivity contribution in [1.82, 2.24) is 36.3 Å². The van der Waals surface area contributed by atoms with Gasteiger partial charge in [-0.25, -0.2) is 9.48 Å². The van der Waals surface area contributed by atoms with Gasteiger partial charge in [0.25, 0.3) is 0 Å². The molecule has 0 saturated heterocycles. The highest BCUT2D eigenvalue weighted by atomic mass is 16.5. The molecule has 16 nitrogen and oxygen atoms in total. The number of carbonyl (C=O) groups is 4. The van der Waals surface area contributed by atoms with Crippen LogP contribution in [0.5, 0.6) is 0 Å². The molecule has 1 aromatic heterocycles. The zero-order chi connectivity index (χ0) is 39.6. The third kappa shape index (κ3) is 17.6. The number of amides is 4. The van der Waals surface area contributed by atoms with Crippen molar-refractivity contribution in [3.8, 4) is 0 Å². The Kier molecular flexibility index (Phi) is 18.2. The minimum atomic E-state index is -0.915. The van der Waals surface area contributed by atoms with Crippen molar-refractivity contribution in [1.29, 1.82) is 0 Å². The molecule has 0 aliphatic carbocycles. The van der Waals surface area contributed by atoms with Crippen LogP contribution in [0.3, 0.4) is 0 Å². The normalized spacial score (nSPS) is 12.8. The molecule has 16 heteroatoms. The number of benzene rings is 1. The van der Waals surface area contributed by atoms with Gasteiger partial charge in [0.2, 0.25) is 11.8 Å². The summed E-state index contributed by atoms with van der Waals surface area (Å²) in [6.07, 6.45) is 2.56. The summed E-state index contributed by atoms with van der Waals surface area (Å²) >= 11 is 0. The van der Waals surface area contributed by atoms with Crippen LogP contribution in [0.15, 0.2) is 42.9 Å². The van der Waals surface area contributed by atoms with E-state index in [1.165, 1.54) is 0 Å². The second kappa shape index (κ2) is 21.7. The van der Waals surface area contributed by atoms with Gasteiger partial charge in [-0.2, -0.15) is 0 Å². The molecule has 1 heterocycles. The van der Waals surface area contributed by atoms with E-state index in [2.05, 4.69) is 64.2 Å². The summed E-state index contributed by atoms with van der Waals surface area (Å²) in [5.41, 5.74) is 6.71. The lowest BCUT2D eigenvalue weighted by atomic mass is 9.93. The van der Waals surface area contributed by atoms with Crippen LogP contribution in [0.25, 0.3) is 0 Å². The number of carbonyl (C=O) groups excluding carboxylic acids is 4. The van der Waals surface area contributed by atoms with Crippen molar-refractivity contribution in [2.24, 2.45) is 17.1 Å². The van der Waals surface area contributed by atoms with Crippen molar-refractivity contribution < 1.29 is 33.4 Å². The second-order valence-corrected chi connectivity index (χ2v) is 15.1. The third-order valence-corrected chi connectivity index (χ3v) is 7.81. The number of esters is 1. The number of anilines is 1. The van der Waals surface area contributed by atoms with Gasteiger partial charge in [0.05, 0.1) is 49.9 Å². The summed E-state index contributed by atoms with van der Waals surface area (Å²) in [5.74, 6) is -0.861. The average molecular weight is 744 g/mol. The van der Waals surface area contributed by atoms with Gasteiger partial charge in [0.1, 0.15) is 18.7 Å². The van der Waals surface area contributed by atoms with Crippen LogP contribution in [0.2, 0.25) is 0 Å². The molecule has 0 saturated carbocycles. The highest BCUT2D eigenvalue weighted by Gasteiger charge is 2.28. The second-order valence-electron chi connectivity index (χ2n) is 15.1. The first-order chi connectivity index (χ1) is 24.9. The molecule has 4 amide bonds. The van der Waals surface area contributed by atoms with E-state index in [-0.39, 0.29) is 36.9 Å². The number of nitrogens with two attached hydrogens (primary N) is 1. The molecule has 296 valence electrons. The van der Waals surface area contributed by atoms with Gasteiger partial charge in [0, 0.05) is 30.4 Å². The maximum atomic E-state index is 13.5. The minimum absolute atomic E-state index is 0.0538. The number of hydrogen-bond donors (Lipinski definition) is 6. The number of hydrogen-bond acceptors (Lipinski definition) is 11. The van der Waals surface area contributed by atoms with Gasteiger partial charge in [-0.1, -0.05) is 58.5 Å². The number of ether oxygens (including phenoxy) is 3. The molecule has 0 aliphatic rings. The molecule has 7 N–H and O–H groups in total. The quantitative estimate of drug-likeness (QED) is 0.0720. The molecule has 0 fully saturated rings. The fourth-order valence-corrected chi connectivity index (χ4v) is 4.61. The fraction of sp³-hybridized carbons (Fsp3) is 0.622. The number of rotatable bonds is 23. The Morgan fingerprint density at radius 1 is 0.887 bits per heavy atom. The Hall–Kier alpha value is -4.70. The van der Waals surface area contributed by atoms with Gasteiger partial charge < -0.3 is 46.5 Å². The highest BCUT2D eigenvalue weighted by molar-refractivity contribution is 5.98. The van der Waals surface area contributed by atoms with Crippen molar-refractivity contribution in [3.63, 3.8) is 0 Å². The van der Waals surface area contributed by atoms with E-state index >= 15 is 0 Å². The molecule has 0 bridgehead atoms. The van der Waals surface area contributed by atoms with E-state index in [0.29, 0.717) is 57.4 Å². The lowest BCUT2D eigenvalue weighted by Gasteiger charge is -2.27. The lowest BCUT2D eigenvalue weighted by molar-refractivity contribution is -0.154. The minimum Gasteiger partial charge on any atom is -0.460 e. The topological polar surface area (TPSA) is 213 Å². The predicted octanol–water partition coefficient (Wildman–Crippen LogP) is 2.95. The molecule has 2 rings (SSSR count). The van der Waals surface area contributed by atoms with Crippen molar-refractivity contribution >= 4 is 29.5 Å². The molecular formula is C37H61N9O7. The zero-order valence-corrected chi connectivity index (χ0v) is 32.7. The van der Waals surface area contributed by atoms with E-state index in [4.69, 9.17) is 19.9 Å². The largest absolute Gasteiger partial charge is 0.460 e. The van der Waals surface area contributed by atoms with Crippen molar-refractivity contribution in [2.45, 2.75) is 98.9 Å². The summed E-state index contributed by atoms with van der Waals surface area (Å²) in [6, 6.07) is 4.59. The average Bonchev–Trinajstić information content (AvgIpc) is 3.56. The van der Waals surface area contributed by atoms with Crippen LogP contribution in [-0.2, 0) is 47.2 Å². The molecule has 2 aromatic rings. The lowest BCUT2D eigenvalue weighted by Crippen LogP contribution is -2.54. The van der Waals surface area contributed by atoms with Crippen LogP contribution < -0.4 is 32.3 Å². The van der Waals surface area contributed by atoms with Gasteiger partial charge in [0.15, 0.2) is 0 Å². The standard InChI is InChI=1S/C37H61N9O7/c1-25(2)31(41-26(3)39-17-19-51-21-22-52-20-18-46-23-30(44-45-46)36(4,5)6)33(48)43-29(11-10-16-40-35(38)50)32(47)42-28-14-12-27(13-15-28)24-53-34(49)37(7,8)9/h12-15,23,25,29,31,39,41H,3,10-11,16-22,24H2,1-2,4-9H3,(H,42,47)(H,43,48)(H3,38,40,50)/t29-,31?/m0/s1. The predicted molar refractivity (Wildman–Crippen MR) is 202 cm³/mol. The van der Waals surface area contributed by atoms with Crippen LogP contribution in [0.4, 0.5) is 10.5 Å². The smallest absolute Gasteiger partial charge is 0.312 e. The summed E-state index contributed by atoms with van der Waals surface area (Å²) in [7, 11) is 0. The van der Waals surface area contributed by atoms with Gasteiger partial charge in [-0.05, 0) is 57.2 Å². The van der Waals surface area contributed by atoms with Crippen LogP contribution in [0, 0.1) is 11.3 Å². The SMILES string of the molecule is C=C(NCCOCCOCCn1cc(C(C)(C)C)nn1)NC(C(=O)N[C@@H](CCCNC(N)=O)C(=O)Nc1ccc(COC(=O)C(C)(C)C)cc1)C(C)C. The van der Waals surface area contributed by atoms with Gasteiger partial charge in [-0.3, -0.25) is 14.4 Å². The van der Waals surface area contributed by atoms with E-state index < -0.39 is 35.3 Å². The molecule has 2 atom stereocenters. The first-order valence-electron chi connectivity index (χ1n) is 18.0. The molecule has 0 radical (unpaired) electrons. The van der Waals surface area contributed by atoms with E-state index in [1.54, 1.807) is 49.7 Å². The Morgan fingerprint density at radius 2 is 1.55 bits per heavy atom. The van der Waals surface area contributed by atoms with Crippen molar-refractivity contribution in [3.05, 3.63) is 54.1 Å². The number of nitrogens with zero attached hydrogens (tertiary/aromatic N) is 3. The Labute approximate surface area is 313 Å². The Bertz CT molecular complexity index is 1460.